The molecule has 0 radical (unpaired) electrons. The number of aliphatic carboxylic acids is 1. The third-order valence-corrected chi connectivity index (χ3v) is 5.51. The van der Waals surface area contributed by atoms with Crippen molar-refractivity contribution in [2.75, 3.05) is 11.9 Å². The Morgan fingerprint density at radius 1 is 1.06 bits per heavy atom. The molecule has 2 heterocycles. The van der Waals surface area contributed by atoms with Crippen molar-refractivity contribution in [1.29, 1.82) is 0 Å². The number of nitrogens with one attached hydrogen (secondary N) is 2. The second kappa shape index (κ2) is 12.1. The van der Waals surface area contributed by atoms with E-state index in [2.05, 4.69) is 40.7 Å². The maximum absolute atomic E-state index is 12.5. The van der Waals surface area contributed by atoms with Gasteiger partial charge in [0.2, 0.25) is 0 Å². The summed E-state index contributed by atoms with van der Waals surface area (Å²) in [5.41, 5.74) is 6.40. The number of anilines is 1. The molecule has 8 heteroatoms. The van der Waals surface area contributed by atoms with Crippen molar-refractivity contribution in [3.8, 4) is 0 Å². The number of carboxylic acid groups (broad SMARTS) is 1. The summed E-state index contributed by atoms with van der Waals surface area (Å²) >= 11 is 0. The third kappa shape index (κ3) is 7.28. The minimum Gasteiger partial charge on any atom is -0.481 e. The van der Waals surface area contributed by atoms with Gasteiger partial charge in [-0.2, -0.15) is 0 Å². The van der Waals surface area contributed by atoms with Gasteiger partial charge in [0.25, 0.3) is 5.91 Å². The molecule has 0 saturated carbocycles. The van der Waals surface area contributed by atoms with Crippen LogP contribution in [0.3, 0.4) is 0 Å². The molecule has 1 aromatic heterocycles. The van der Waals surface area contributed by atoms with Crippen molar-refractivity contribution in [3.63, 3.8) is 0 Å². The van der Waals surface area contributed by atoms with Crippen molar-refractivity contribution in [2.45, 2.75) is 44.3 Å². The third-order valence-electron chi connectivity index (χ3n) is 5.51. The van der Waals surface area contributed by atoms with Gasteiger partial charge in [0, 0.05) is 35.5 Å². The number of carbonyl (C=O) groups is 2. The fourth-order valence-electron chi connectivity index (χ4n) is 3.80. The first kappa shape index (κ1) is 25.2. The maximum atomic E-state index is 12.5. The molecule has 180 valence electrons. The van der Waals surface area contributed by atoms with Gasteiger partial charge in [-0.05, 0) is 42.2 Å². The van der Waals surface area contributed by atoms with Crippen LogP contribution < -0.4 is 5.32 Å². The van der Waals surface area contributed by atoms with Gasteiger partial charge < -0.3 is 30.7 Å². The van der Waals surface area contributed by atoms with Gasteiger partial charge in [0.15, 0.2) is 0 Å². The molecule has 0 bridgehead atoms. The van der Waals surface area contributed by atoms with Crippen molar-refractivity contribution in [1.82, 2.24) is 4.98 Å². The molecule has 1 aliphatic heterocycles. The molecule has 0 saturated heterocycles. The lowest BCUT2D eigenvalue weighted by Crippen LogP contribution is -2.22. The van der Waals surface area contributed by atoms with Gasteiger partial charge in [-0.15, -0.1) is 0 Å². The number of aliphatic hydroxyl groups is 3. The molecule has 0 unspecified atom stereocenters. The smallest absolute Gasteiger partial charge is 0.305 e. The van der Waals surface area contributed by atoms with Gasteiger partial charge in [-0.25, -0.2) is 0 Å². The highest BCUT2D eigenvalue weighted by molar-refractivity contribution is 6.05. The molecule has 6 N–H and O–H groups in total. The zero-order chi connectivity index (χ0) is 24.5. The minimum atomic E-state index is -1.12. The molecule has 34 heavy (non-hydrogen) atoms. The van der Waals surface area contributed by atoms with Gasteiger partial charge in [0.1, 0.15) is 0 Å². The number of amides is 1. The number of para-hydroxylation sites is 1. The summed E-state index contributed by atoms with van der Waals surface area (Å²) in [7, 11) is 0. The van der Waals surface area contributed by atoms with Crippen LogP contribution in [0.2, 0.25) is 0 Å². The Kier molecular flexibility index (Phi) is 8.98. The SMILES string of the molecule is O=C(O)C[C@H](O)C[C@H](O)CO.O=C1Nc2ccccc2CC=C1Cc1cc2c([nH]1)C=CC=CC2. The minimum absolute atomic E-state index is 0.00446. The molecule has 8 nitrogen and oxygen atoms in total. The molecule has 1 aliphatic carbocycles. The lowest BCUT2D eigenvalue weighted by atomic mass is 10.1. The molecule has 2 atom stereocenters. The van der Waals surface area contributed by atoms with Gasteiger partial charge >= 0.3 is 5.97 Å². The van der Waals surface area contributed by atoms with Crippen LogP contribution in [-0.2, 0) is 28.9 Å². The summed E-state index contributed by atoms with van der Waals surface area (Å²) in [4.78, 5) is 25.9. The highest BCUT2D eigenvalue weighted by atomic mass is 16.4. The van der Waals surface area contributed by atoms with Crippen molar-refractivity contribution < 1.29 is 30.0 Å². The van der Waals surface area contributed by atoms with Crippen molar-refractivity contribution in [3.05, 3.63) is 82.7 Å². The zero-order valence-corrected chi connectivity index (χ0v) is 18.8. The summed E-state index contributed by atoms with van der Waals surface area (Å²) < 4.78 is 0. The number of benzene rings is 1. The number of aliphatic hydroxyl groups excluding tert-OH is 3. The number of carboxylic acids is 1. The molecule has 0 fully saturated rings. The van der Waals surface area contributed by atoms with E-state index in [0.29, 0.717) is 6.42 Å². The van der Waals surface area contributed by atoms with E-state index in [1.54, 1.807) is 0 Å². The van der Waals surface area contributed by atoms with E-state index in [-0.39, 0.29) is 12.3 Å². The molecule has 0 spiro atoms. The molecular formula is C26H30N2O6. The lowest BCUT2D eigenvalue weighted by Gasteiger charge is -2.10. The summed E-state index contributed by atoms with van der Waals surface area (Å²) in [5.74, 6) is -1.13. The topological polar surface area (TPSA) is 143 Å². The van der Waals surface area contributed by atoms with E-state index >= 15 is 0 Å². The van der Waals surface area contributed by atoms with E-state index in [9.17, 15) is 9.59 Å². The van der Waals surface area contributed by atoms with E-state index in [1.807, 2.05) is 30.4 Å². The number of carbonyl (C=O) groups excluding carboxylic acids is 1. The predicted octanol–water partition coefficient (Wildman–Crippen LogP) is 2.37. The second-order valence-corrected chi connectivity index (χ2v) is 8.27. The monoisotopic (exact) mass is 466 g/mol. The number of aromatic amines is 1. The lowest BCUT2D eigenvalue weighted by molar-refractivity contribution is -0.139. The van der Waals surface area contributed by atoms with E-state index < -0.39 is 31.2 Å². The summed E-state index contributed by atoms with van der Waals surface area (Å²) in [5, 5.41) is 37.1. The van der Waals surface area contributed by atoms with Crippen LogP contribution in [0.1, 0.15) is 35.4 Å². The summed E-state index contributed by atoms with van der Waals surface area (Å²) in [6, 6.07) is 10.1. The average molecular weight is 467 g/mol. The Balaban J connectivity index is 0.000000252. The standard InChI is InChI=1S/C20H18N2O.C6H12O5/c23-20-16(11-10-14-6-4-5-9-18(14)22-20)13-17-12-15-7-2-1-3-8-19(15)21-17;7-3-5(9)1-4(8)2-6(10)11/h1-6,8-9,11-12,21H,7,10,13H2,(H,22,23);4-5,7-9H,1-3H2,(H,10,11)/t;4-,5+/m.1/s1. The highest BCUT2D eigenvalue weighted by Crippen LogP contribution is 2.24. The largest absolute Gasteiger partial charge is 0.481 e. The van der Waals surface area contributed by atoms with E-state index in [4.69, 9.17) is 20.4 Å². The molecular weight excluding hydrogens is 436 g/mol. The quantitative estimate of drug-likeness (QED) is 0.370. The van der Waals surface area contributed by atoms with Crippen LogP contribution in [-0.4, -0.2) is 56.1 Å². The number of hydrogen-bond donors (Lipinski definition) is 6. The fourth-order valence-corrected chi connectivity index (χ4v) is 3.80. The Morgan fingerprint density at radius 2 is 1.85 bits per heavy atom. The van der Waals surface area contributed by atoms with Crippen molar-refractivity contribution >= 4 is 23.6 Å². The molecule has 2 aliphatic rings. The number of fused-ring (bicyclic) bond motifs is 2. The Bertz CT molecular complexity index is 1100. The predicted molar refractivity (Wildman–Crippen MR) is 129 cm³/mol. The van der Waals surface area contributed by atoms with Crippen LogP contribution in [0.15, 0.2) is 60.2 Å². The Labute approximate surface area is 198 Å². The molecule has 4 rings (SSSR count). The normalized spacial score (nSPS) is 16.0. The first-order chi connectivity index (χ1) is 16.4. The summed E-state index contributed by atoms with van der Waals surface area (Å²) in [6.45, 7) is -0.462. The van der Waals surface area contributed by atoms with Crippen LogP contribution in [0.4, 0.5) is 5.69 Å². The highest BCUT2D eigenvalue weighted by Gasteiger charge is 2.17. The Morgan fingerprint density at radius 3 is 2.62 bits per heavy atom. The average Bonchev–Trinajstić information content (AvgIpc) is 2.94. The second-order valence-electron chi connectivity index (χ2n) is 8.27. The number of aromatic nitrogens is 1. The van der Waals surface area contributed by atoms with Gasteiger partial charge in [-0.1, -0.05) is 42.5 Å². The summed E-state index contributed by atoms with van der Waals surface area (Å²) in [6.07, 6.45) is 10.1. The van der Waals surface area contributed by atoms with Crippen LogP contribution in [0, 0.1) is 0 Å². The van der Waals surface area contributed by atoms with Crippen LogP contribution in [0.5, 0.6) is 0 Å². The number of H-pyrrole nitrogens is 1. The number of rotatable bonds is 7. The van der Waals surface area contributed by atoms with Crippen LogP contribution >= 0.6 is 0 Å². The Hall–Kier alpha value is -3.46. The first-order valence-corrected chi connectivity index (χ1v) is 11.2. The zero-order valence-electron chi connectivity index (χ0n) is 18.8. The molecule has 2 aromatic rings. The van der Waals surface area contributed by atoms with Crippen molar-refractivity contribution in [2.24, 2.45) is 0 Å². The number of allylic oxidation sites excluding steroid dienone is 4. The molecule has 1 amide bonds. The van der Waals surface area contributed by atoms with E-state index in [0.717, 1.165) is 41.1 Å². The maximum Gasteiger partial charge on any atom is 0.305 e. The first-order valence-electron chi connectivity index (χ1n) is 11.2. The van der Waals surface area contributed by atoms with Gasteiger partial charge in [-0.3, -0.25) is 9.59 Å². The van der Waals surface area contributed by atoms with Crippen LogP contribution in [0.25, 0.3) is 6.08 Å². The van der Waals surface area contributed by atoms with E-state index in [1.165, 1.54) is 5.56 Å². The molecule has 1 aromatic carbocycles. The van der Waals surface area contributed by atoms with Gasteiger partial charge in [0.05, 0.1) is 25.2 Å². The fraction of sp³-hybridized carbons (Fsp3) is 0.308. The number of hydrogen-bond acceptors (Lipinski definition) is 5.